The van der Waals surface area contributed by atoms with E-state index in [1.165, 1.54) is 276 Å². The van der Waals surface area contributed by atoms with Crippen molar-refractivity contribution in [2.45, 2.75) is 394 Å². The summed E-state index contributed by atoms with van der Waals surface area (Å²) in [6.45, 7) is 11.5. The summed E-state index contributed by atoms with van der Waals surface area (Å²) in [5.74, 6) is 0.875. The number of hydrogen-bond donors (Lipinski definition) is 0. The Kier molecular flexibility index (Phi) is 59.3. The van der Waals surface area contributed by atoms with Gasteiger partial charge in [-0.25, -0.2) is 0 Å². The van der Waals surface area contributed by atoms with E-state index in [1.807, 2.05) is 0 Å². The molecule has 0 N–H and O–H groups in total. The van der Waals surface area contributed by atoms with Crippen LogP contribution in [-0.4, -0.2) is 37.2 Å². The summed E-state index contributed by atoms with van der Waals surface area (Å²) in [7, 11) is 0. The molecule has 0 heterocycles. The lowest BCUT2D eigenvalue weighted by atomic mass is 10.0. The summed E-state index contributed by atoms with van der Waals surface area (Å²) in [6, 6.07) is 0. The van der Waals surface area contributed by atoms with Crippen LogP contribution in [0.2, 0.25) is 0 Å². The first-order valence-corrected chi connectivity index (χ1v) is 33.7. The van der Waals surface area contributed by atoms with Crippen molar-refractivity contribution in [3.05, 3.63) is 0 Å². The molecule has 440 valence electrons. The van der Waals surface area contributed by atoms with Gasteiger partial charge in [-0.3, -0.25) is 14.4 Å². The average Bonchev–Trinajstić information content (AvgIpc) is 3.38. The van der Waals surface area contributed by atoms with E-state index >= 15 is 0 Å². The second-order valence-corrected chi connectivity index (χ2v) is 24.4. The quantitative estimate of drug-likeness (QED) is 0.0343. The van der Waals surface area contributed by atoms with Gasteiger partial charge in [0.1, 0.15) is 13.2 Å². The molecule has 0 aliphatic heterocycles. The third kappa shape index (κ3) is 61.3. The Bertz CT molecular complexity index is 1140. The lowest BCUT2D eigenvalue weighted by molar-refractivity contribution is -0.167. The first kappa shape index (κ1) is 72.4. The van der Waals surface area contributed by atoms with Crippen LogP contribution in [-0.2, 0) is 28.6 Å². The van der Waals surface area contributed by atoms with Gasteiger partial charge in [0.15, 0.2) is 6.10 Å². The average molecular weight is 1050 g/mol. The smallest absolute Gasteiger partial charge is 0.306 e. The van der Waals surface area contributed by atoms with E-state index in [4.69, 9.17) is 14.2 Å². The molecule has 0 aliphatic rings. The van der Waals surface area contributed by atoms with E-state index in [9.17, 15) is 14.4 Å². The van der Waals surface area contributed by atoms with Gasteiger partial charge in [-0.05, 0) is 31.1 Å². The van der Waals surface area contributed by atoms with Crippen LogP contribution in [0.5, 0.6) is 0 Å². The van der Waals surface area contributed by atoms with Crippen LogP contribution >= 0.6 is 0 Å². The predicted octanol–water partition coefficient (Wildman–Crippen LogP) is 22.8. The molecule has 0 spiro atoms. The molecule has 0 unspecified atom stereocenters. The summed E-state index contributed by atoms with van der Waals surface area (Å²) in [4.78, 5) is 38.4. The monoisotopic (exact) mass is 1050 g/mol. The van der Waals surface area contributed by atoms with Gasteiger partial charge in [0.05, 0.1) is 0 Å². The highest BCUT2D eigenvalue weighted by Crippen LogP contribution is 2.19. The lowest BCUT2D eigenvalue weighted by Crippen LogP contribution is -2.30. The van der Waals surface area contributed by atoms with E-state index in [2.05, 4.69) is 34.6 Å². The number of carbonyl (C=O) groups is 3. The highest BCUT2D eigenvalue weighted by molar-refractivity contribution is 5.71. The minimum atomic E-state index is -0.764. The van der Waals surface area contributed by atoms with Gasteiger partial charge in [0.2, 0.25) is 0 Å². The largest absolute Gasteiger partial charge is 0.462 e. The molecular weight excluding hydrogens is 913 g/mol. The third-order valence-corrected chi connectivity index (χ3v) is 15.7. The zero-order chi connectivity index (χ0) is 53.9. The predicted molar refractivity (Wildman–Crippen MR) is 321 cm³/mol. The summed E-state index contributed by atoms with van der Waals surface area (Å²) >= 11 is 0. The molecule has 0 aliphatic carbocycles. The van der Waals surface area contributed by atoms with E-state index in [-0.39, 0.29) is 31.1 Å². The molecule has 1 atom stereocenters. The Morgan fingerprint density at radius 1 is 0.257 bits per heavy atom. The summed E-state index contributed by atoms with van der Waals surface area (Å²) in [5, 5.41) is 0. The molecule has 0 aromatic heterocycles. The summed E-state index contributed by atoms with van der Waals surface area (Å²) < 4.78 is 17.0. The zero-order valence-electron chi connectivity index (χ0n) is 51.0. The van der Waals surface area contributed by atoms with Crippen molar-refractivity contribution >= 4 is 17.9 Å². The minimum absolute atomic E-state index is 0.0615. The molecule has 0 aromatic carbocycles. The van der Waals surface area contributed by atoms with Crippen molar-refractivity contribution in [1.82, 2.24) is 0 Å². The maximum atomic E-state index is 12.9. The molecule has 0 saturated carbocycles. The van der Waals surface area contributed by atoms with Crippen LogP contribution in [0.25, 0.3) is 0 Å². The van der Waals surface area contributed by atoms with Crippen LogP contribution in [0.3, 0.4) is 0 Å². The lowest BCUT2D eigenvalue weighted by Gasteiger charge is -2.18. The number of carbonyl (C=O) groups excluding carboxylic acids is 3. The molecule has 74 heavy (non-hydrogen) atoms. The first-order chi connectivity index (χ1) is 36.2. The van der Waals surface area contributed by atoms with Crippen molar-refractivity contribution in [2.24, 2.45) is 11.8 Å². The second kappa shape index (κ2) is 60.6. The number of esters is 3. The molecular formula is C68H132O6. The molecule has 6 nitrogen and oxygen atoms in total. The Morgan fingerprint density at radius 3 is 0.662 bits per heavy atom. The van der Waals surface area contributed by atoms with Crippen LogP contribution in [0, 0.1) is 11.8 Å². The highest BCUT2D eigenvalue weighted by Gasteiger charge is 2.19. The van der Waals surface area contributed by atoms with Crippen LogP contribution < -0.4 is 0 Å². The Balaban J connectivity index is 4.28. The van der Waals surface area contributed by atoms with E-state index in [0.717, 1.165) is 69.6 Å². The molecule has 0 bridgehead atoms. The number of hydrogen-bond acceptors (Lipinski definition) is 6. The SMILES string of the molecule is CCCCCCCCCCCCCCCCCCCCCC(=O)O[C@@H](COC(=O)CCCCCCCCCCCCCCCCCCC(C)C)COC(=O)CCCCCCCCCCCCCCCCCC(C)C. The fourth-order valence-electron chi connectivity index (χ4n) is 10.6. The van der Waals surface area contributed by atoms with E-state index in [0.29, 0.717) is 19.3 Å². The molecule has 0 rings (SSSR count). The van der Waals surface area contributed by atoms with E-state index in [1.54, 1.807) is 0 Å². The Hall–Kier alpha value is -1.59. The van der Waals surface area contributed by atoms with Gasteiger partial charge in [0, 0.05) is 19.3 Å². The summed E-state index contributed by atoms with van der Waals surface area (Å²) in [5.41, 5.74) is 0. The fraction of sp³-hybridized carbons (Fsp3) is 0.956. The second-order valence-electron chi connectivity index (χ2n) is 24.4. The van der Waals surface area contributed by atoms with Crippen molar-refractivity contribution in [1.29, 1.82) is 0 Å². The van der Waals surface area contributed by atoms with Gasteiger partial charge in [-0.15, -0.1) is 0 Å². The molecule has 0 amide bonds. The number of rotatable bonds is 62. The van der Waals surface area contributed by atoms with Gasteiger partial charge < -0.3 is 14.2 Å². The van der Waals surface area contributed by atoms with Gasteiger partial charge in [-0.1, -0.05) is 349 Å². The standard InChI is InChI=1S/C68H132O6/c1-6-7-8-9-10-11-12-13-14-15-16-17-24-30-35-40-45-50-55-60-68(71)74-65(62-73-67(70)59-54-49-44-39-34-29-25-20-22-27-32-37-42-47-52-57-64(4)5)61-72-66(69)58-53-48-43-38-33-28-23-19-18-21-26-31-36-41-46-51-56-63(2)3/h63-65H,6-62H2,1-5H3/t65-/m0/s1. The van der Waals surface area contributed by atoms with Gasteiger partial charge in [-0.2, -0.15) is 0 Å². The first-order valence-electron chi connectivity index (χ1n) is 33.7. The third-order valence-electron chi connectivity index (χ3n) is 15.7. The molecule has 0 aromatic rings. The van der Waals surface area contributed by atoms with Crippen LogP contribution in [0.15, 0.2) is 0 Å². The fourth-order valence-corrected chi connectivity index (χ4v) is 10.6. The van der Waals surface area contributed by atoms with Crippen molar-refractivity contribution in [2.75, 3.05) is 13.2 Å². The maximum Gasteiger partial charge on any atom is 0.306 e. The highest BCUT2D eigenvalue weighted by atomic mass is 16.6. The summed E-state index contributed by atoms with van der Waals surface area (Å²) in [6.07, 6.45) is 68.2. The van der Waals surface area contributed by atoms with Crippen LogP contribution in [0.4, 0.5) is 0 Å². The van der Waals surface area contributed by atoms with Crippen molar-refractivity contribution in [3.8, 4) is 0 Å². The molecule has 6 heteroatoms. The van der Waals surface area contributed by atoms with Gasteiger partial charge >= 0.3 is 17.9 Å². The van der Waals surface area contributed by atoms with E-state index < -0.39 is 6.10 Å². The normalized spacial score (nSPS) is 12.0. The number of ether oxygens (including phenoxy) is 3. The Labute approximate surface area is 463 Å². The minimum Gasteiger partial charge on any atom is -0.462 e. The van der Waals surface area contributed by atoms with Crippen molar-refractivity contribution < 1.29 is 28.6 Å². The molecule has 0 fully saturated rings. The maximum absolute atomic E-state index is 12.9. The molecule has 0 saturated heterocycles. The van der Waals surface area contributed by atoms with Crippen LogP contribution in [0.1, 0.15) is 388 Å². The molecule has 0 radical (unpaired) electrons. The Morgan fingerprint density at radius 2 is 0.446 bits per heavy atom. The van der Waals surface area contributed by atoms with Gasteiger partial charge in [0.25, 0.3) is 0 Å². The topological polar surface area (TPSA) is 78.9 Å². The van der Waals surface area contributed by atoms with Crippen molar-refractivity contribution in [3.63, 3.8) is 0 Å². The number of unbranched alkanes of at least 4 members (excludes halogenated alkanes) is 47. The zero-order valence-corrected chi connectivity index (χ0v) is 51.0.